The van der Waals surface area contributed by atoms with E-state index in [-0.39, 0.29) is 17.0 Å². The van der Waals surface area contributed by atoms with Gasteiger partial charge in [0.2, 0.25) is 5.91 Å². The number of rotatable bonds is 6. The molecule has 0 aliphatic heterocycles. The van der Waals surface area contributed by atoms with E-state index in [1.165, 1.54) is 37.3 Å². The van der Waals surface area contributed by atoms with Gasteiger partial charge in [0.15, 0.2) is 9.84 Å². The summed E-state index contributed by atoms with van der Waals surface area (Å²) in [6.45, 7) is 4.87. The number of aromatic carboxylic acids is 1. The molecule has 108 valence electrons. The van der Waals surface area contributed by atoms with Crippen molar-refractivity contribution in [2.75, 3.05) is 6.54 Å². The molecule has 1 rings (SSSR count). The molecule has 0 aliphatic carbocycles. The number of carboxylic acid groups (broad SMARTS) is 1. The predicted molar refractivity (Wildman–Crippen MR) is 73.3 cm³/mol. The fraction of sp³-hybridized carbons (Fsp3) is 0.231. The molecule has 7 heteroatoms. The van der Waals surface area contributed by atoms with Gasteiger partial charge in [-0.1, -0.05) is 6.08 Å². The van der Waals surface area contributed by atoms with Gasteiger partial charge in [0.05, 0.1) is 10.5 Å². The van der Waals surface area contributed by atoms with Crippen molar-refractivity contribution in [3.63, 3.8) is 0 Å². The number of carbonyl (C=O) groups excluding carboxylic acids is 1. The van der Waals surface area contributed by atoms with E-state index < -0.39 is 27.0 Å². The van der Waals surface area contributed by atoms with Crippen LogP contribution < -0.4 is 5.32 Å². The standard InChI is InChI=1S/C13H15NO5S/c1-3-8-14-12(15)9(2)20(18,19)11-6-4-10(5-7-11)13(16)17/h3-7,9H,1,8H2,2H3,(H,14,15)(H,16,17). The molecule has 1 unspecified atom stereocenters. The van der Waals surface area contributed by atoms with Crippen molar-refractivity contribution >= 4 is 21.7 Å². The fourth-order valence-corrected chi connectivity index (χ4v) is 2.74. The smallest absolute Gasteiger partial charge is 0.335 e. The lowest BCUT2D eigenvalue weighted by molar-refractivity contribution is -0.120. The molecule has 0 aromatic heterocycles. The van der Waals surface area contributed by atoms with Crippen LogP contribution in [0.2, 0.25) is 0 Å². The van der Waals surface area contributed by atoms with E-state index in [0.29, 0.717) is 0 Å². The normalized spacial score (nSPS) is 12.4. The van der Waals surface area contributed by atoms with Crippen LogP contribution in [-0.2, 0) is 14.6 Å². The molecular formula is C13H15NO5S. The third-order valence-electron chi connectivity index (χ3n) is 2.69. The van der Waals surface area contributed by atoms with E-state index >= 15 is 0 Å². The molecule has 0 fully saturated rings. The Morgan fingerprint density at radius 2 is 1.90 bits per heavy atom. The minimum atomic E-state index is -3.85. The number of carbonyl (C=O) groups is 2. The second kappa shape index (κ2) is 6.33. The minimum absolute atomic E-state index is 0.0206. The monoisotopic (exact) mass is 297 g/mol. The zero-order valence-electron chi connectivity index (χ0n) is 10.9. The lowest BCUT2D eigenvalue weighted by atomic mass is 10.2. The molecule has 1 amide bonds. The van der Waals surface area contributed by atoms with Crippen LogP contribution in [0.5, 0.6) is 0 Å². The lowest BCUT2D eigenvalue weighted by Gasteiger charge is -2.12. The van der Waals surface area contributed by atoms with Gasteiger partial charge in [0.1, 0.15) is 5.25 Å². The summed E-state index contributed by atoms with van der Waals surface area (Å²) in [5, 5.41) is 9.89. The van der Waals surface area contributed by atoms with Crippen molar-refractivity contribution in [1.82, 2.24) is 5.32 Å². The first-order chi connectivity index (χ1) is 9.30. The Labute approximate surface area is 117 Å². The number of sulfone groups is 1. The highest BCUT2D eigenvalue weighted by Crippen LogP contribution is 2.17. The highest BCUT2D eigenvalue weighted by Gasteiger charge is 2.29. The molecule has 1 aromatic carbocycles. The first kappa shape index (κ1) is 15.9. The summed E-state index contributed by atoms with van der Waals surface area (Å²) in [7, 11) is -3.85. The van der Waals surface area contributed by atoms with Gasteiger partial charge < -0.3 is 10.4 Å². The Morgan fingerprint density at radius 1 is 1.35 bits per heavy atom. The largest absolute Gasteiger partial charge is 0.478 e. The molecule has 20 heavy (non-hydrogen) atoms. The third-order valence-corrected chi connectivity index (χ3v) is 4.76. The molecule has 0 heterocycles. The number of carboxylic acids is 1. The van der Waals surface area contributed by atoms with Crippen LogP contribution in [0.25, 0.3) is 0 Å². The van der Waals surface area contributed by atoms with Gasteiger partial charge in [-0.3, -0.25) is 4.79 Å². The van der Waals surface area contributed by atoms with Crippen molar-refractivity contribution < 1.29 is 23.1 Å². The average molecular weight is 297 g/mol. The average Bonchev–Trinajstić information content (AvgIpc) is 2.43. The van der Waals surface area contributed by atoms with Crippen LogP contribution in [0.1, 0.15) is 17.3 Å². The lowest BCUT2D eigenvalue weighted by Crippen LogP contribution is -2.37. The topological polar surface area (TPSA) is 101 Å². The molecule has 6 nitrogen and oxygen atoms in total. The van der Waals surface area contributed by atoms with Gasteiger partial charge in [-0.05, 0) is 31.2 Å². The van der Waals surface area contributed by atoms with E-state index in [1.54, 1.807) is 0 Å². The molecule has 1 aromatic rings. The van der Waals surface area contributed by atoms with E-state index in [1.807, 2.05) is 0 Å². The van der Waals surface area contributed by atoms with Crippen LogP contribution in [0.15, 0.2) is 41.8 Å². The Bertz CT molecular complexity index is 619. The SMILES string of the molecule is C=CCNC(=O)C(C)S(=O)(=O)c1ccc(C(=O)O)cc1. The molecule has 0 spiro atoms. The minimum Gasteiger partial charge on any atom is -0.478 e. The van der Waals surface area contributed by atoms with E-state index in [0.717, 1.165) is 0 Å². The van der Waals surface area contributed by atoms with Crippen molar-refractivity contribution in [3.05, 3.63) is 42.5 Å². The molecule has 0 radical (unpaired) electrons. The first-order valence-electron chi connectivity index (χ1n) is 5.76. The second-order valence-corrected chi connectivity index (χ2v) is 6.32. The molecule has 0 saturated carbocycles. The van der Waals surface area contributed by atoms with Crippen LogP contribution in [0.4, 0.5) is 0 Å². The predicted octanol–water partition coefficient (Wildman–Crippen LogP) is 0.849. The number of nitrogens with one attached hydrogen (secondary N) is 1. The molecule has 1 atom stereocenters. The van der Waals surface area contributed by atoms with Crippen LogP contribution in [0, 0.1) is 0 Å². The zero-order valence-corrected chi connectivity index (χ0v) is 11.7. The molecular weight excluding hydrogens is 282 g/mol. The summed E-state index contributed by atoms with van der Waals surface area (Å²) in [4.78, 5) is 22.3. The van der Waals surface area contributed by atoms with Gasteiger partial charge in [-0.15, -0.1) is 6.58 Å². The third kappa shape index (κ3) is 3.45. The number of hydrogen-bond acceptors (Lipinski definition) is 4. The summed E-state index contributed by atoms with van der Waals surface area (Å²) < 4.78 is 24.4. The first-order valence-corrected chi connectivity index (χ1v) is 7.31. The highest BCUT2D eigenvalue weighted by molar-refractivity contribution is 7.92. The van der Waals surface area contributed by atoms with Crippen LogP contribution in [0.3, 0.4) is 0 Å². The summed E-state index contributed by atoms with van der Waals surface area (Å²) >= 11 is 0. The maximum Gasteiger partial charge on any atom is 0.335 e. The van der Waals surface area contributed by atoms with Gasteiger partial charge in [0.25, 0.3) is 0 Å². The Hall–Kier alpha value is -2.15. The van der Waals surface area contributed by atoms with Gasteiger partial charge in [0, 0.05) is 6.54 Å². The van der Waals surface area contributed by atoms with Crippen molar-refractivity contribution in [2.24, 2.45) is 0 Å². The van der Waals surface area contributed by atoms with Gasteiger partial charge >= 0.3 is 5.97 Å². The number of benzene rings is 1. The summed E-state index contributed by atoms with van der Waals surface area (Å²) in [6, 6.07) is 4.72. The van der Waals surface area contributed by atoms with Crippen molar-refractivity contribution in [2.45, 2.75) is 17.1 Å². The Kier molecular flexibility index (Phi) is 5.04. The molecule has 2 N–H and O–H groups in total. The van der Waals surface area contributed by atoms with Crippen LogP contribution in [-0.4, -0.2) is 37.2 Å². The fourth-order valence-electron chi connectivity index (χ4n) is 1.45. The maximum absolute atomic E-state index is 12.2. The Balaban J connectivity index is 3.00. The Morgan fingerprint density at radius 3 is 2.35 bits per heavy atom. The van der Waals surface area contributed by atoms with Crippen molar-refractivity contribution in [3.8, 4) is 0 Å². The van der Waals surface area contributed by atoms with Gasteiger partial charge in [-0.2, -0.15) is 0 Å². The van der Waals surface area contributed by atoms with E-state index in [4.69, 9.17) is 5.11 Å². The summed E-state index contributed by atoms with van der Waals surface area (Å²) in [5.41, 5.74) is -0.0206. The number of hydrogen-bond donors (Lipinski definition) is 2. The van der Waals surface area contributed by atoms with Crippen LogP contribution >= 0.6 is 0 Å². The van der Waals surface area contributed by atoms with E-state index in [2.05, 4.69) is 11.9 Å². The molecule has 0 bridgehead atoms. The second-order valence-electron chi connectivity index (χ2n) is 4.05. The molecule has 0 aliphatic rings. The number of amides is 1. The quantitative estimate of drug-likeness (QED) is 0.758. The van der Waals surface area contributed by atoms with E-state index in [9.17, 15) is 18.0 Å². The highest BCUT2D eigenvalue weighted by atomic mass is 32.2. The van der Waals surface area contributed by atoms with Gasteiger partial charge in [-0.25, -0.2) is 13.2 Å². The summed E-state index contributed by atoms with van der Waals surface area (Å²) in [6.07, 6.45) is 1.44. The zero-order chi connectivity index (χ0) is 15.3. The summed E-state index contributed by atoms with van der Waals surface area (Å²) in [5.74, 6) is -1.78. The van der Waals surface area contributed by atoms with Crippen molar-refractivity contribution in [1.29, 1.82) is 0 Å². The maximum atomic E-state index is 12.2. The molecule has 0 saturated heterocycles.